The van der Waals surface area contributed by atoms with Crippen LogP contribution in [-0.4, -0.2) is 66.4 Å². The summed E-state index contributed by atoms with van der Waals surface area (Å²) in [6.45, 7) is 4.55. The first-order valence-corrected chi connectivity index (χ1v) is 11.0. The molecule has 3 aromatic rings. The molecular formula is C25H28N6O3. The number of pyridine rings is 1. The molecule has 0 radical (unpaired) electrons. The summed E-state index contributed by atoms with van der Waals surface area (Å²) < 4.78 is 10.6. The van der Waals surface area contributed by atoms with E-state index in [0.717, 1.165) is 22.9 Å². The quantitative estimate of drug-likeness (QED) is 0.537. The number of amides is 1. The summed E-state index contributed by atoms with van der Waals surface area (Å²) in [6, 6.07) is 15.1. The molecule has 9 nitrogen and oxygen atoms in total. The van der Waals surface area contributed by atoms with E-state index in [9.17, 15) is 4.79 Å². The van der Waals surface area contributed by atoms with Crippen LogP contribution in [-0.2, 0) is 4.79 Å². The summed E-state index contributed by atoms with van der Waals surface area (Å²) in [7, 11) is 3.18. The summed E-state index contributed by atoms with van der Waals surface area (Å²) in [5, 5.41) is 11.8. The van der Waals surface area contributed by atoms with Gasteiger partial charge in [-0.2, -0.15) is 0 Å². The van der Waals surface area contributed by atoms with Crippen molar-refractivity contribution in [1.29, 1.82) is 0 Å². The highest BCUT2D eigenvalue weighted by Crippen LogP contribution is 2.28. The van der Waals surface area contributed by atoms with Crippen molar-refractivity contribution in [2.45, 2.75) is 6.92 Å². The third-order valence-electron chi connectivity index (χ3n) is 5.54. The predicted molar refractivity (Wildman–Crippen MR) is 132 cm³/mol. The van der Waals surface area contributed by atoms with E-state index in [0.29, 0.717) is 43.5 Å². The monoisotopic (exact) mass is 460 g/mol. The van der Waals surface area contributed by atoms with E-state index >= 15 is 0 Å². The second-order valence-corrected chi connectivity index (χ2v) is 7.83. The number of hydrogen-bond donors (Lipinski definition) is 1. The van der Waals surface area contributed by atoms with Gasteiger partial charge in [0.1, 0.15) is 5.82 Å². The Labute approximate surface area is 199 Å². The minimum atomic E-state index is -0.0225. The molecule has 9 heteroatoms. The van der Waals surface area contributed by atoms with Crippen LogP contribution in [0, 0.1) is 6.92 Å². The molecule has 1 aromatic carbocycles. The van der Waals surface area contributed by atoms with Gasteiger partial charge in [0.15, 0.2) is 23.1 Å². The van der Waals surface area contributed by atoms with Crippen molar-refractivity contribution in [3.05, 3.63) is 65.9 Å². The van der Waals surface area contributed by atoms with Gasteiger partial charge in [-0.15, -0.1) is 10.2 Å². The Morgan fingerprint density at radius 2 is 1.74 bits per heavy atom. The number of hydrogen-bond acceptors (Lipinski definition) is 8. The first-order chi connectivity index (χ1) is 16.6. The normalized spacial score (nSPS) is 13.7. The molecule has 0 atom stereocenters. The number of aryl methyl sites for hydroxylation is 1. The Hall–Kier alpha value is -4.14. The molecule has 1 N–H and O–H groups in total. The Bertz CT molecular complexity index is 1160. The highest BCUT2D eigenvalue weighted by molar-refractivity contribution is 5.92. The van der Waals surface area contributed by atoms with Crippen molar-refractivity contribution >= 4 is 29.4 Å². The Morgan fingerprint density at radius 3 is 2.41 bits per heavy atom. The molecule has 3 heterocycles. The van der Waals surface area contributed by atoms with E-state index in [-0.39, 0.29) is 5.91 Å². The zero-order valence-corrected chi connectivity index (χ0v) is 19.6. The van der Waals surface area contributed by atoms with Crippen LogP contribution in [0.25, 0.3) is 6.08 Å². The number of rotatable bonds is 7. The smallest absolute Gasteiger partial charge is 0.246 e. The van der Waals surface area contributed by atoms with Crippen LogP contribution < -0.4 is 19.7 Å². The Morgan fingerprint density at radius 1 is 0.941 bits per heavy atom. The summed E-state index contributed by atoms with van der Waals surface area (Å²) in [6.07, 6.45) is 3.38. The molecule has 34 heavy (non-hydrogen) atoms. The van der Waals surface area contributed by atoms with Crippen molar-refractivity contribution in [2.75, 3.05) is 50.6 Å². The number of nitrogens with one attached hydrogen (secondary N) is 1. The predicted octanol–water partition coefficient (Wildman–Crippen LogP) is 3.30. The highest BCUT2D eigenvalue weighted by atomic mass is 16.5. The standard InChI is InChI=1S/C25H28N6O3/c1-18-5-4-6-22(26-18)27-23-10-11-24(29-28-23)30-13-15-31(16-14-30)25(32)12-8-19-7-9-20(33-2)21(17-19)34-3/h4-12,17H,13-16H2,1-3H3,(H,26,27,28)/b12-8+. The van der Waals surface area contributed by atoms with Crippen LogP contribution in [0.3, 0.4) is 0 Å². The molecule has 1 saturated heterocycles. The number of carbonyl (C=O) groups excluding carboxylic acids is 1. The van der Waals surface area contributed by atoms with Crippen LogP contribution in [0.4, 0.5) is 17.5 Å². The van der Waals surface area contributed by atoms with E-state index in [1.54, 1.807) is 26.4 Å². The van der Waals surface area contributed by atoms with E-state index in [4.69, 9.17) is 9.47 Å². The molecule has 1 amide bonds. The van der Waals surface area contributed by atoms with Gasteiger partial charge in [0.2, 0.25) is 5.91 Å². The van der Waals surface area contributed by atoms with Gasteiger partial charge in [-0.25, -0.2) is 4.98 Å². The fourth-order valence-electron chi connectivity index (χ4n) is 3.69. The first-order valence-electron chi connectivity index (χ1n) is 11.0. The Kier molecular flexibility index (Phi) is 7.22. The maximum absolute atomic E-state index is 12.7. The lowest BCUT2D eigenvalue weighted by Crippen LogP contribution is -2.48. The van der Waals surface area contributed by atoms with Crippen LogP contribution in [0.1, 0.15) is 11.3 Å². The average Bonchev–Trinajstić information content (AvgIpc) is 2.87. The second kappa shape index (κ2) is 10.7. The van der Waals surface area contributed by atoms with Gasteiger partial charge in [0.25, 0.3) is 0 Å². The van der Waals surface area contributed by atoms with Gasteiger partial charge in [-0.05, 0) is 55.0 Å². The van der Waals surface area contributed by atoms with Crippen LogP contribution in [0.2, 0.25) is 0 Å². The molecule has 1 aliphatic rings. The zero-order valence-electron chi connectivity index (χ0n) is 19.6. The van der Waals surface area contributed by atoms with E-state index in [1.807, 2.05) is 60.4 Å². The van der Waals surface area contributed by atoms with Crippen LogP contribution >= 0.6 is 0 Å². The molecule has 0 spiro atoms. The maximum Gasteiger partial charge on any atom is 0.246 e. The van der Waals surface area contributed by atoms with Crippen molar-refractivity contribution in [2.24, 2.45) is 0 Å². The number of benzene rings is 1. The van der Waals surface area contributed by atoms with Crippen LogP contribution in [0.5, 0.6) is 11.5 Å². The lowest BCUT2D eigenvalue weighted by Gasteiger charge is -2.34. The molecule has 1 aliphatic heterocycles. The summed E-state index contributed by atoms with van der Waals surface area (Å²) in [4.78, 5) is 21.0. The number of anilines is 3. The molecule has 0 aliphatic carbocycles. The number of carbonyl (C=O) groups is 1. The van der Waals surface area contributed by atoms with Crippen molar-refractivity contribution in [3.8, 4) is 11.5 Å². The van der Waals surface area contributed by atoms with E-state index in [2.05, 4.69) is 25.4 Å². The van der Waals surface area contributed by atoms with E-state index in [1.165, 1.54) is 0 Å². The fourth-order valence-corrected chi connectivity index (χ4v) is 3.69. The summed E-state index contributed by atoms with van der Waals surface area (Å²) in [5.41, 5.74) is 1.80. The maximum atomic E-state index is 12.7. The van der Waals surface area contributed by atoms with Crippen molar-refractivity contribution in [1.82, 2.24) is 20.1 Å². The largest absolute Gasteiger partial charge is 0.493 e. The lowest BCUT2D eigenvalue weighted by atomic mass is 10.2. The first kappa shape index (κ1) is 23.0. The van der Waals surface area contributed by atoms with Gasteiger partial charge in [-0.3, -0.25) is 4.79 Å². The zero-order chi connectivity index (χ0) is 23.9. The molecule has 1 fully saturated rings. The third kappa shape index (κ3) is 5.61. The van der Waals surface area contributed by atoms with Crippen LogP contribution in [0.15, 0.2) is 54.6 Å². The molecule has 176 valence electrons. The van der Waals surface area contributed by atoms with Crippen molar-refractivity contribution in [3.63, 3.8) is 0 Å². The van der Waals surface area contributed by atoms with Crippen molar-refractivity contribution < 1.29 is 14.3 Å². The SMILES string of the molecule is COc1ccc(/C=C/C(=O)N2CCN(c3ccc(Nc4cccc(C)n4)nn3)CC2)cc1OC. The highest BCUT2D eigenvalue weighted by Gasteiger charge is 2.21. The molecular weight excluding hydrogens is 432 g/mol. The molecule has 0 bridgehead atoms. The summed E-state index contributed by atoms with van der Waals surface area (Å²) in [5.74, 6) is 3.41. The average molecular weight is 461 g/mol. The minimum Gasteiger partial charge on any atom is -0.493 e. The number of methoxy groups -OCH3 is 2. The topological polar surface area (TPSA) is 92.7 Å². The molecule has 4 rings (SSSR count). The van der Waals surface area contributed by atoms with Gasteiger partial charge >= 0.3 is 0 Å². The second-order valence-electron chi connectivity index (χ2n) is 7.83. The minimum absolute atomic E-state index is 0.0225. The number of piperazine rings is 1. The number of nitrogens with zero attached hydrogens (tertiary/aromatic N) is 5. The lowest BCUT2D eigenvalue weighted by molar-refractivity contribution is -0.126. The van der Waals surface area contributed by atoms with E-state index < -0.39 is 0 Å². The third-order valence-corrected chi connectivity index (χ3v) is 5.54. The van der Waals surface area contributed by atoms with Gasteiger partial charge in [0.05, 0.1) is 14.2 Å². The van der Waals surface area contributed by atoms with Gasteiger partial charge < -0.3 is 24.6 Å². The molecule has 0 unspecified atom stereocenters. The van der Waals surface area contributed by atoms with Gasteiger partial charge in [-0.1, -0.05) is 12.1 Å². The Balaban J connectivity index is 1.30. The number of aromatic nitrogens is 3. The fraction of sp³-hybridized carbons (Fsp3) is 0.280. The molecule has 2 aromatic heterocycles. The molecule has 0 saturated carbocycles. The summed E-state index contributed by atoms with van der Waals surface area (Å²) >= 11 is 0. The van der Waals surface area contributed by atoms with Gasteiger partial charge in [0, 0.05) is 37.9 Å². The number of ether oxygens (including phenoxy) is 2.